The van der Waals surface area contributed by atoms with Gasteiger partial charge < -0.3 is 5.11 Å². The van der Waals surface area contributed by atoms with Gasteiger partial charge in [-0.1, -0.05) is 37.3 Å². The maximum Gasteiger partial charge on any atom is 0.0601 e. The van der Waals surface area contributed by atoms with E-state index in [2.05, 4.69) is 37.1 Å². The quantitative estimate of drug-likeness (QED) is 0.876. The van der Waals surface area contributed by atoms with E-state index in [0.717, 1.165) is 24.4 Å². The SMILES string of the molecule is CCn1nc(C)cc1CC(O)CC(C)c1ccccc1. The first-order valence-electron chi connectivity index (χ1n) is 7.36. The Kier molecular flexibility index (Phi) is 4.96. The Labute approximate surface area is 121 Å². The smallest absolute Gasteiger partial charge is 0.0601 e. The predicted octanol–water partition coefficient (Wildman–Crippen LogP) is 3.31. The van der Waals surface area contributed by atoms with Gasteiger partial charge in [0.25, 0.3) is 0 Å². The van der Waals surface area contributed by atoms with Crippen LogP contribution in [0.3, 0.4) is 0 Å². The molecule has 3 heteroatoms. The van der Waals surface area contributed by atoms with Crippen molar-refractivity contribution in [2.45, 2.75) is 52.2 Å². The van der Waals surface area contributed by atoms with Crippen molar-refractivity contribution < 1.29 is 5.11 Å². The van der Waals surface area contributed by atoms with Crippen LogP contribution in [0, 0.1) is 6.92 Å². The first-order chi connectivity index (χ1) is 9.60. The van der Waals surface area contributed by atoms with Crippen molar-refractivity contribution in [2.24, 2.45) is 0 Å². The molecule has 2 rings (SSSR count). The summed E-state index contributed by atoms with van der Waals surface area (Å²) in [6.45, 7) is 7.09. The fraction of sp³-hybridized carbons (Fsp3) is 0.471. The van der Waals surface area contributed by atoms with Gasteiger partial charge in [0.15, 0.2) is 0 Å². The Morgan fingerprint density at radius 3 is 2.60 bits per heavy atom. The molecule has 1 aromatic carbocycles. The molecule has 0 aliphatic heterocycles. The van der Waals surface area contributed by atoms with Crippen molar-refractivity contribution in [1.29, 1.82) is 0 Å². The van der Waals surface area contributed by atoms with Crippen LogP contribution in [0.5, 0.6) is 0 Å². The Balaban J connectivity index is 1.97. The van der Waals surface area contributed by atoms with Crippen LogP contribution < -0.4 is 0 Å². The minimum atomic E-state index is -0.327. The molecule has 108 valence electrons. The summed E-state index contributed by atoms with van der Waals surface area (Å²) in [5.74, 6) is 0.366. The molecule has 0 amide bonds. The van der Waals surface area contributed by atoms with Crippen LogP contribution >= 0.6 is 0 Å². The lowest BCUT2D eigenvalue weighted by atomic mass is 9.93. The van der Waals surface area contributed by atoms with E-state index in [4.69, 9.17) is 0 Å². The molecule has 3 nitrogen and oxygen atoms in total. The van der Waals surface area contributed by atoms with E-state index >= 15 is 0 Å². The average Bonchev–Trinajstić information content (AvgIpc) is 2.79. The lowest BCUT2D eigenvalue weighted by Crippen LogP contribution is -2.16. The van der Waals surface area contributed by atoms with Crippen LogP contribution in [-0.4, -0.2) is 21.0 Å². The zero-order valence-electron chi connectivity index (χ0n) is 12.6. The third-order valence-electron chi connectivity index (χ3n) is 3.72. The summed E-state index contributed by atoms with van der Waals surface area (Å²) < 4.78 is 1.98. The second kappa shape index (κ2) is 6.71. The molecule has 0 saturated carbocycles. The van der Waals surface area contributed by atoms with Crippen molar-refractivity contribution in [3.63, 3.8) is 0 Å². The van der Waals surface area contributed by atoms with Gasteiger partial charge in [-0.25, -0.2) is 0 Å². The maximum absolute atomic E-state index is 10.3. The van der Waals surface area contributed by atoms with E-state index in [1.165, 1.54) is 5.56 Å². The molecule has 2 unspecified atom stereocenters. The summed E-state index contributed by atoms with van der Waals surface area (Å²) >= 11 is 0. The maximum atomic E-state index is 10.3. The van der Waals surface area contributed by atoms with Crippen LogP contribution in [0.4, 0.5) is 0 Å². The number of aryl methyl sites for hydroxylation is 2. The average molecular weight is 272 g/mol. The lowest BCUT2D eigenvalue weighted by Gasteiger charge is -2.17. The number of rotatable bonds is 6. The molecule has 20 heavy (non-hydrogen) atoms. The summed E-state index contributed by atoms with van der Waals surface area (Å²) in [6, 6.07) is 12.4. The highest BCUT2D eigenvalue weighted by Crippen LogP contribution is 2.22. The van der Waals surface area contributed by atoms with Gasteiger partial charge in [-0.05, 0) is 37.8 Å². The van der Waals surface area contributed by atoms with Gasteiger partial charge in [-0.3, -0.25) is 4.68 Å². The lowest BCUT2D eigenvalue weighted by molar-refractivity contribution is 0.154. The van der Waals surface area contributed by atoms with Crippen molar-refractivity contribution >= 4 is 0 Å². The summed E-state index contributed by atoms with van der Waals surface area (Å²) in [4.78, 5) is 0. The number of benzene rings is 1. The minimum Gasteiger partial charge on any atom is -0.393 e. The van der Waals surface area contributed by atoms with Gasteiger partial charge in [0.05, 0.1) is 11.8 Å². The molecule has 0 bridgehead atoms. The second-order valence-corrected chi connectivity index (χ2v) is 5.50. The fourth-order valence-electron chi connectivity index (χ4n) is 2.69. The number of aliphatic hydroxyl groups excluding tert-OH is 1. The number of nitrogens with zero attached hydrogens (tertiary/aromatic N) is 2. The largest absolute Gasteiger partial charge is 0.393 e. The molecule has 0 aliphatic carbocycles. The Morgan fingerprint density at radius 1 is 1.25 bits per heavy atom. The predicted molar refractivity (Wildman–Crippen MR) is 81.8 cm³/mol. The van der Waals surface area contributed by atoms with Crippen LogP contribution in [0.25, 0.3) is 0 Å². The third kappa shape index (κ3) is 3.70. The molecule has 2 aromatic rings. The molecular weight excluding hydrogens is 248 g/mol. The summed E-state index contributed by atoms with van der Waals surface area (Å²) in [5.41, 5.74) is 3.43. The molecule has 1 N–H and O–H groups in total. The van der Waals surface area contributed by atoms with Gasteiger partial charge in [0.1, 0.15) is 0 Å². The third-order valence-corrected chi connectivity index (χ3v) is 3.72. The molecular formula is C17H24N2O. The molecule has 0 fully saturated rings. The normalized spacial score (nSPS) is 14.2. The van der Waals surface area contributed by atoms with E-state index in [0.29, 0.717) is 12.3 Å². The first-order valence-corrected chi connectivity index (χ1v) is 7.36. The monoisotopic (exact) mass is 272 g/mol. The Morgan fingerprint density at radius 2 is 1.95 bits per heavy atom. The molecule has 0 radical (unpaired) electrons. The van der Waals surface area contributed by atoms with Gasteiger partial charge in [0, 0.05) is 18.7 Å². The number of aliphatic hydroxyl groups is 1. The van der Waals surface area contributed by atoms with Crippen molar-refractivity contribution in [1.82, 2.24) is 9.78 Å². The zero-order valence-corrected chi connectivity index (χ0v) is 12.6. The van der Waals surface area contributed by atoms with E-state index in [1.807, 2.05) is 29.8 Å². The van der Waals surface area contributed by atoms with Gasteiger partial charge in [-0.15, -0.1) is 0 Å². The summed E-state index contributed by atoms with van der Waals surface area (Å²) in [7, 11) is 0. The van der Waals surface area contributed by atoms with Crippen LogP contribution in [0.2, 0.25) is 0 Å². The molecule has 1 aromatic heterocycles. The van der Waals surface area contributed by atoms with Gasteiger partial charge in [-0.2, -0.15) is 5.10 Å². The molecule has 0 spiro atoms. The molecule has 2 atom stereocenters. The minimum absolute atomic E-state index is 0.327. The van der Waals surface area contributed by atoms with Gasteiger partial charge in [0.2, 0.25) is 0 Å². The standard InChI is InChI=1S/C17H24N2O/c1-4-19-16(11-14(3)18-19)12-17(20)10-13(2)15-8-6-5-7-9-15/h5-9,11,13,17,20H,4,10,12H2,1-3H3. The summed E-state index contributed by atoms with van der Waals surface area (Å²) in [6.07, 6.45) is 1.12. The van der Waals surface area contributed by atoms with Crippen molar-refractivity contribution in [3.8, 4) is 0 Å². The second-order valence-electron chi connectivity index (χ2n) is 5.50. The summed E-state index contributed by atoms with van der Waals surface area (Å²) in [5, 5.41) is 14.7. The van der Waals surface area contributed by atoms with E-state index in [-0.39, 0.29) is 6.10 Å². The number of aromatic nitrogens is 2. The highest BCUT2D eigenvalue weighted by molar-refractivity contribution is 5.19. The zero-order chi connectivity index (χ0) is 14.5. The van der Waals surface area contributed by atoms with Crippen LogP contribution in [-0.2, 0) is 13.0 Å². The number of hydrogen-bond acceptors (Lipinski definition) is 2. The number of hydrogen-bond donors (Lipinski definition) is 1. The van der Waals surface area contributed by atoms with E-state index < -0.39 is 0 Å². The Hall–Kier alpha value is -1.61. The van der Waals surface area contributed by atoms with Crippen LogP contribution in [0.1, 0.15) is 43.1 Å². The molecule has 1 heterocycles. The van der Waals surface area contributed by atoms with E-state index in [1.54, 1.807) is 0 Å². The fourth-order valence-corrected chi connectivity index (χ4v) is 2.69. The Bertz CT molecular complexity index is 533. The van der Waals surface area contributed by atoms with Crippen molar-refractivity contribution in [2.75, 3.05) is 0 Å². The topological polar surface area (TPSA) is 38.0 Å². The highest BCUT2D eigenvalue weighted by atomic mass is 16.3. The van der Waals surface area contributed by atoms with Crippen molar-refractivity contribution in [3.05, 3.63) is 53.3 Å². The van der Waals surface area contributed by atoms with E-state index in [9.17, 15) is 5.11 Å². The van der Waals surface area contributed by atoms with Crippen LogP contribution in [0.15, 0.2) is 36.4 Å². The molecule has 0 saturated heterocycles. The van der Waals surface area contributed by atoms with Gasteiger partial charge >= 0.3 is 0 Å². The highest BCUT2D eigenvalue weighted by Gasteiger charge is 2.15. The molecule has 0 aliphatic rings. The first kappa shape index (κ1) is 14.8.